The van der Waals surface area contributed by atoms with Gasteiger partial charge < -0.3 is 19.5 Å². The van der Waals surface area contributed by atoms with E-state index >= 15 is 0 Å². The lowest BCUT2D eigenvalue weighted by Crippen LogP contribution is -2.30. The van der Waals surface area contributed by atoms with Crippen molar-refractivity contribution < 1.29 is 33.1 Å². The van der Waals surface area contributed by atoms with Gasteiger partial charge in [-0.05, 0) is 19.1 Å². The van der Waals surface area contributed by atoms with Crippen LogP contribution in [0.15, 0.2) is 36.4 Å². The lowest BCUT2D eigenvalue weighted by atomic mass is 10.1. The van der Waals surface area contributed by atoms with Crippen molar-refractivity contribution in [2.45, 2.75) is 13.0 Å². The number of para-hydroxylation sites is 1. The Morgan fingerprint density at radius 3 is 2.32 bits per heavy atom. The third kappa shape index (κ3) is 4.53. The Morgan fingerprint density at radius 1 is 1.14 bits per heavy atom. The molecule has 1 N–H and O–H groups in total. The number of ether oxygens (including phenoxy) is 3. The highest BCUT2D eigenvalue weighted by atomic mass is 19.1. The number of nitrogens with one attached hydrogen (secondary N) is 1. The van der Waals surface area contributed by atoms with E-state index < -0.39 is 40.0 Å². The molecule has 0 aromatic heterocycles. The zero-order chi connectivity index (χ0) is 20.8. The SMILES string of the molecule is COc1cc(C(=O)O[C@@H](C)C(=O)Nc2ccccc2F)c([N+](=O)[O-])cc1OC. The van der Waals surface area contributed by atoms with Crippen LogP contribution in [0.2, 0.25) is 0 Å². The first-order valence-electron chi connectivity index (χ1n) is 7.95. The van der Waals surface area contributed by atoms with Crippen LogP contribution in [-0.4, -0.2) is 37.1 Å². The largest absolute Gasteiger partial charge is 0.493 e. The van der Waals surface area contributed by atoms with Crippen LogP contribution in [0.3, 0.4) is 0 Å². The van der Waals surface area contributed by atoms with Crippen LogP contribution >= 0.6 is 0 Å². The second-order valence-corrected chi connectivity index (χ2v) is 5.50. The van der Waals surface area contributed by atoms with Crippen LogP contribution in [0.25, 0.3) is 0 Å². The minimum absolute atomic E-state index is 0.0519. The zero-order valence-electron chi connectivity index (χ0n) is 15.2. The Kier molecular flexibility index (Phi) is 6.48. The van der Waals surface area contributed by atoms with Gasteiger partial charge in [0.05, 0.1) is 30.9 Å². The quantitative estimate of drug-likeness (QED) is 0.437. The number of nitro benzene ring substituents is 1. The van der Waals surface area contributed by atoms with Gasteiger partial charge in [-0.25, -0.2) is 9.18 Å². The van der Waals surface area contributed by atoms with Gasteiger partial charge in [0.1, 0.15) is 11.4 Å². The Labute approximate surface area is 159 Å². The van der Waals surface area contributed by atoms with Crippen molar-refractivity contribution in [1.82, 2.24) is 0 Å². The van der Waals surface area contributed by atoms with Crippen molar-refractivity contribution in [3.63, 3.8) is 0 Å². The number of hydrogen-bond acceptors (Lipinski definition) is 7. The van der Waals surface area contributed by atoms with Gasteiger partial charge in [-0.1, -0.05) is 12.1 Å². The molecule has 0 aliphatic heterocycles. The first-order chi connectivity index (χ1) is 13.3. The van der Waals surface area contributed by atoms with E-state index in [1.165, 1.54) is 39.3 Å². The van der Waals surface area contributed by atoms with Crippen molar-refractivity contribution in [1.29, 1.82) is 0 Å². The van der Waals surface area contributed by atoms with E-state index in [9.17, 15) is 24.1 Å². The summed E-state index contributed by atoms with van der Waals surface area (Å²) in [5.74, 6) is -2.46. The van der Waals surface area contributed by atoms with E-state index in [1.54, 1.807) is 0 Å². The maximum atomic E-state index is 13.6. The van der Waals surface area contributed by atoms with Crippen LogP contribution in [0.4, 0.5) is 15.8 Å². The number of carbonyl (C=O) groups excluding carboxylic acids is 2. The summed E-state index contributed by atoms with van der Waals surface area (Å²) in [6.45, 7) is 1.25. The summed E-state index contributed by atoms with van der Waals surface area (Å²) >= 11 is 0. The van der Waals surface area contributed by atoms with Crippen molar-refractivity contribution in [2.75, 3.05) is 19.5 Å². The maximum absolute atomic E-state index is 13.6. The predicted molar refractivity (Wildman–Crippen MR) is 96.1 cm³/mol. The molecule has 0 heterocycles. The molecule has 1 amide bonds. The molecule has 0 saturated carbocycles. The molecule has 10 heteroatoms. The number of nitro groups is 1. The van der Waals surface area contributed by atoms with E-state index in [0.29, 0.717) is 0 Å². The molecule has 2 rings (SSSR count). The second kappa shape index (κ2) is 8.80. The van der Waals surface area contributed by atoms with Gasteiger partial charge in [-0.3, -0.25) is 14.9 Å². The first-order valence-corrected chi connectivity index (χ1v) is 7.95. The highest BCUT2D eigenvalue weighted by Gasteiger charge is 2.28. The van der Waals surface area contributed by atoms with Crippen LogP contribution in [0.1, 0.15) is 17.3 Å². The van der Waals surface area contributed by atoms with Gasteiger partial charge in [0.15, 0.2) is 17.6 Å². The summed E-state index contributed by atoms with van der Waals surface area (Å²) in [7, 11) is 2.58. The molecule has 28 heavy (non-hydrogen) atoms. The molecular weight excluding hydrogens is 375 g/mol. The third-order valence-electron chi connectivity index (χ3n) is 3.70. The number of rotatable bonds is 7. The zero-order valence-corrected chi connectivity index (χ0v) is 15.2. The van der Waals surface area contributed by atoms with E-state index in [4.69, 9.17) is 14.2 Å². The topological polar surface area (TPSA) is 117 Å². The average Bonchev–Trinajstić information content (AvgIpc) is 2.68. The monoisotopic (exact) mass is 392 g/mol. The van der Waals surface area contributed by atoms with Crippen molar-refractivity contribution in [3.8, 4) is 11.5 Å². The average molecular weight is 392 g/mol. The first kappa shape index (κ1) is 20.6. The van der Waals surface area contributed by atoms with Crippen LogP contribution < -0.4 is 14.8 Å². The summed E-state index contributed by atoms with van der Waals surface area (Å²) in [6.07, 6.45) is -1.35. The molecule has 2 aromatic rings. The number of esters is 1. The van der Waals surface area contributed by atoms with Gasteiger partial charge in [0.2, 0.25) is 0 Å². The van der Waals surface area contributed by atoms with Gasteiger partial charge in [-0.2, -0.15) is 0 Å². The molecular formula is C18H17FN2O7. The summed E-state index contributed by atoms with van der Waals surface area (Å²) in [5.41, 5.74) is -1.09. The number of hydrogen-bond donors (Lipinski definition) is 1. The summed E-state index contributed by atoms with van der Waals surface area (Å²) in [5, 5.41) is 13.5. The highest BCUT2D eigenvalue weighted by molar-refractivity contribution is 5.99. The molecule has 2 aromatic carbocycles. The number of methoxy groups -OCH3 is 2. The predicted octanol–water partition coefficient (Wildman–Crippen LogP) is 2.94. The molecule has 0 aliphatic carbocycles. The fraction of sp³-hybridized carbons (Fsp3) is 0.222. The highest BCUT2D eigenvalue weighted by Crippen LogP contribution is 2.35. The van der Waals surface area contributed by atoms with Gasteiger partial charge in [-0.15, -0.1) is 0 Å². The lowest BCUT2D eigenvalue weighted by molar-refractivity contribution is -0.385. The summed E-state index contributed by atoms with van der Waals surface area (Å²) < 4.78 is 28.6. The molecule has 148 valence electrons. The van der Waals surface area contributed by atoms with Crippen molar-refractivity contribution in [3.05, 3.63) is 57.9 Å². The van der Waals surface area contributed by atoms with E-state index in [2.05, 4.69) is 5.32 Å². The number of anilines is 1. The minimum atomic E-state index is -1.35. The second-order valence-electron chi connectivity index (χ2n) is 5.50. The number of carbonyl (C=O) groups is 2. The van der Waals surface area contributed by atoms with E-state index in [0.717, 1.165) is 18.2 Å². The third-order valence-corrected chi connectivity index (χ3v) is 3.70. The fourth-order valence-electron chi connectivity index (χ4n) is 2.26. The number of benzene rings is 2. The van der Waals surface area contributed by atoms with E-state index in [-0.39, 0.29) is 17.2 Å². The normalized spacial score (nSPS) is 11.3. The van der Waals surface area contributed by atoms with Gasteiger partial charge >= 0.3 is 5.97 Å². The molecule has 0 unspecified atom stereocenters. The summed E-state index contributed by atoms with van der Waals surface area (Å²) in [4.78, 5) is 35.0. The molecule has 1 atom stereocenters. The molecule has 0 saturated heterocycles. The number of nitrogens with zero attached hydrogens (tertiary/aromatic N) is 1. The molecule has 0 bridgehead atoms. The fourth-order valence-corrected chi connectivity index (χ4v) is 2.26. The standard InChI is InChI=1S/C18H17FN2O7/c1-10(17(22)20-13-7-5-4-6-12(13)19)28-18(23)11-8-15(26-2)16(27-3)9-14(11)21(24)25/h4-10H,1-3H3,(H,20,22)/t10-/m0/s1. The van der Waals surface area contributed by atoms with Gasteiger partial charge in [0, 0.05) is 6.07 Å². The van der Waals surface area contributed by atoms with Crippen LogP contribution in [0, 0.1) is 15.9 Å². The maximum Gasteiger partial charge on any atom is 0.346 e. The van der Waals surface area contributed by atoms with Gasteiger partial charge in [0.25, 0.3) is 11.6 Å². The Balaban J connectivity index is 2.22. The molecule has 0 spiro atoms. The summed E-state index contributed by atoms with van der Waals surface area (Å²) in [6, 6.07) is 7.55. The molecule has 9 nitrogen and oxygen atoms in total. The Morgan fingerprint density at radius 2 is 1.75 bits per heavy atom. The van der Waals surface area contributed by atoms with Crippen molar-refractivity contribution >= 4 is 23.3 Å². The minimum Gasteiger partial charge on any atom is -0.493 e. The van der Waals surface area contributed by atoms with Crippen molar-refractivity contribution in [2.24, 2.45) is 0 Å². The van der Waals surface area contributed by atoms with E-state index in [1.807, 2.05) is 0 Å². The smallest absolute Gasteiger partial charge is 0.346 e. The molecule has 0 radical (unpaired) electrons. The number of amides is 1. The molecule has 0 fully saturated rings. The van der Waals surface area contributed by atoms with Crippen LogP contribution in [-0.2, 0) is 9.53 Å². The molecule has 0 aliphatic rings. The lowest BCUT2D eigenvalue weighted by Gasteiger charge is -2.15. The number of halogens is 1. The Hall–Kier alpha value is -3.69. The Bertz CT molecular complexity index is 917. The van der Waals surface area contributed by atoms with Crippen LogP contribution in [0.5, 0.6) is 11.5 Å².